The second-order valence-electron chi connectivity index (χ2n) is 19.3. The molecule has 0 heterocycles. The van der Waals surface area contributed by atoms with Crippen LogP contribution in [0.25, 0.3) is 0 Å². The fraction of sp³-hybridized carbons (Fsp3) is 0.927. The summed E-state index contributed by atoms with van der Waals surface area (Å²) in [7, 11) is 1.84. The van der Waals surface area contributed by atoms with Gasteiger partial charge in [0.25, 0.3) is 0 Å². The zero-order chi connectivity index (χ0) is 47.9. The van der Waals surface area contributed by atoms with E-state index >= 15 is 0 Å². The predicted molar refractivity (Wildman–Crippen MR) is 270 cm³/mol. The summed E-state index contributed by atoms with van der Waals surface area (Å²) in [6, 6.07) is 0. The average Bonchev–Trinajstić information content (AvgIpc) is 3.28. The van der Waals surface area contributed by atoms with Gasteiger partial charge in [0.1, 0.15) is 18.8 Å². The molecule has 0 aromatic carbocycles. The molecule has 0 aromatic rings. The number of unbranched alkanes of at least 4 members (excludes halogenated alkanes) is 26. The lowest BCUT2D eigenvalue weighted by molar-refractivity contribution is -0.160. The third kappa shape index (κ3) is 42.9. The molecule has 0 saturated heterocycles. The van der Waals surface area contributed by atoms with Gasteiger partial charge in [-0.15, -0.1) is 0 Å². The highest BCUT2D eigenvalue weighted by Crippen LogP contribution is 2.19. The largest absolute Gasteiger partial charge is 0.462 e. The van der Waals surface area contributed by atoms with E-state index in [0.717, 1.165) is 90.1 Å². The predicted octanol–water partition coefficient (Wildman–Crippen LogP) is 14.0. The summed E-state index contributed by atoms with van der Waals surface area (Å²) in [6.07, 6.45) is 38.8. The van der Waals surface area contributed by atoms with Gasteiger partial charge in [0, 0.05) is 51.9 Å². The normalized spacial score (nSPS) is 11.9. The third-order valence-electron chi connectivity index (χ3n) is 12.7. The highest BCUT2D eigenvalue weighted by molar-refractivity contribution is 5.76. The first-order valence-corrected chi connectivity index (χ1v) is 27.8. The number of carbonyl (C=O) groups excluding carboxylic acids is 4. The third-order valence-corrected chi connectivity index (χ3v) is 12.7. The number of hydrogen-bond acceptors (Lipinski definition) is 9. The summed E-state index contributed by atoms with van der Waals surface area (Å²) < 4.78 is 17.3. The Labute approximate surface area is 401 Å². The van der Waals surface area contributed by atoms with E-state index in [1.54, 1.807) is 0 Å². The number of aliphatic hydroxyl groups excluding tert-OH is 1. The maximum Gasteiger partial charge on any atom is 0.306 e. The lowest BCUT2D eigenvalue weighted by atomic mass is 10.0. The molecular formula is C55H106N2O8. The summed E-state index contributed by atoms with van der Waals surface area (Å²) in [5, 5.41) is 9.41. The van der Waals surface area contributed by atoms with Gasteiger partial charge in [-0.1, -0.05) is 182 Å². The minimum absolute atomic E-state index is 0.0225. The van der Waals surface area contributed by atoms with E-state index in [1.807, 2.05) is 11.9 Å². The molecule has 0 aliphatic heterocycles. The summed E-state index contributed by atoms with van der Waals surface area (Å²) >= 11 is 0. The van der Waals surface area contributed by atoms with Gasteiger partial charge in [-0.2, -0.15) is 0 Å². The van der Waals surface area contributed by atoms with E-state index in [0.29, 0.717) is 38.8 Å². The summed E-state index contributed by atoms with van der Waals surface area (Å²) in [6.45, 7) is 11.4. The smallest absolute Gasteiger partial charge is 0.306 e. The van der Waals surface area contributed by atoms with Crippen molar-refractivity contribution in [2.45, 2.75) is 284 Å². The molecule has 0 aliphatic carbocycles. The van der Waals surface area contributed by atoms with Crippen LogP contribution in [0.5, 0.6) is 0 Å². The minimum atomic E-state index is -0.625. The SMILES string of the molecule is CCCCCCCCC(CCCCCCCC)OC(=O)CCCCCCC(=O)OC(COC(=O)CCCCCCC(=O)N(CCCCCCCC)CCCCCCCC)CN(C)CCO. The standard InChI is InChI=1S/C55H106N2O8/c1-6-10-14-18-22-30-38-50(39-31-23-19-15-11-7-2)64-54(61)42-34-26-27-35-43-55(62)65-51(48-56(5)46-47-58)49-63-53(60)41-33-25-24-32-40-52(59)57(44-36-28-20-16-12-8-3)45-37-29-21-17-13-9-4/h50-51,58H,6-49H2,1-5H3. The first-order chi connectivity index (χ1) is 31.7. The Kier molecular flexibility index (Phi) is 46.6. The molecule has 0 aromatic heterocycles. The second kappa shape index (κ2) is 48.3. The monoisotopic (exact) mass is 923 g/mol. The molecule has 0 saturated carbocycles. The lowest BCUT2D eigenvalue weighted by Crippen LogP contribution is -2.37. The molecule has 1 unspecified atom stereocenters. The van der Waals surface area contributed by atoms with Crippen LogP contribution in [0.4, 0.5) is 0 Å². The van der Waals surface area contributed by atoms with E-state index < -0.39 is 6.10 Å². The number of rotatable bonds is 50. The van der Waals surface area contributed by atoms with Gasteiger partial charge in [0.15, 0.2) is 0 Å². The first kappa shape index (κ1) is 62.8. The van der Waals surface area contributed by atoms with E-state index in [9.17, 15) is 24.3 Å². The van der Waals surface area contributed by atoms with Crippen molar-refractivity contribution in [3.05, 3.63) is 0 Å². The van der Waals surface area contributed by atoms with Crippen LogP contribution in [-0.4, -0.2) is 97.4 Å². The Hall–Kier alpha value is -2.20. The fourth-order valence-electron chi connectivity index (χ4n) is 8.52. The van der Waals surface area contributed by atoms with Gasteiger partial charge in [-0.25, -0.2) is 0 Å². The molecule has 1 atom stereocenters. The molecule has 10 heteroatoms. The van der Waals surface area contributed by atoms with Crippen molar-refractivity contribution in [3.63, 3.8) is 0 Å². The molecule has 0 aliphatic rings. The molecule has 0 bridgehead atoms. The molecule has 1 amide bonds. The number of hydrogen-bond donors (Lipinski definition) is 1. The number of esters is 3. The summed E-state index contributed by atoms with van der Waals surface area (Å²) in [5.74, 6) is -0.467. The van der Waals surface area contributed by atoms with Crippen LogP contribution in [0.2, 0.25) is 0 Å². The van der Waals surface area contributed by atoms with Crippen LogP contribution >= 0.6 is 0 Å². The van der Waals surface area contributed by atoms with E-state index in [-0.39, 0.29) is 56.0 Å². The quantitative estimate of drug-likeness (QED) is 0.0361. The molecule has 0 rings (SSSR count). The van der Waals surface area contributed by atoms with Crippen molar-refractivity contribution in [1.82, 2.24) is 9.80 Å². The topological polar surface area (TPSA) is 123 Å². The number of nitrogens with zero attached hydrogens (tertiary/aromatic N) is 2. The zero-order valence-electron chi connectivity index (χ0n) is 43.5. The zero-order valence-corrected chi connectivity index (χ0v) is 43.5. The van der Waals surface area contributed by atoms with Gasteiger partial charge in [-0.3, -0.25) is 19.2 Å². The van der Waals surface area contributed by atoms with Gasteiger partial charge in [0.05, 0.1) is 6.61 Å². The molecular weight excluding hydrogens is 817 g/mol. The first-order valence-electron chi connectivity index (χ1n) is 27.8. The van der Waals surface area contributed by atoms with Crippen LogP contribution in [0, 0.1) is 0 Å². The van der Waals surface area contributed by atoms with Crippen molar-refractivity contribution in [1.29, 1.82) is 0 Å². The number of ether oxygens (including phenoxy) is 3. The molecule has 0 fully saturated rings. The van der Waals surface area contributed by atoms with Gasteiger partial charge in [0.2, 0.25) is 5.91 Å². The molecule has 0 radical (unpaired) electrons. The second-order valence-corrected chi connectivity index (χ2v) is 19.3. The highest BCUT2D eigenvalue weighted by atomic mass is 16.6. The summed E-state index contributed by atoms with van der Waals surface area (Å²) in [4.78, 5) is 55.5. The highest BCUT2D eigenvalue weighted by Gasteiger charge is 2.20. The van der Waals surface area contributed by atoms with Gasteiger partial charge in [-0.05, 0) is 71.3 Å². The maximum atomic E-state index is 13.2. The van der Waals surface area contributed by atoms with Crippen LogP contribution in [0.15, 0.2) is 0 Å². The fourth-order valence-corrected chi connectivity index (χ4v) is 8.52. The molecule has 10 nitrogen and oxygen atoms in total. The number of aliphatic hydroxyl groups is 1. The van der Waals surface area contributed by atoms with E-state index in [4.69, 9.17) is 14.2 Å². The Morgan fingerprint density at radius 3 is 1.20 bits per heavy atom. The van der Waals surface area contributed by atoms with E-state index in [2.05, 4.69) is 32.6 Å². The number of likely N-dealkylation sites (N-methyl/N-ethyl adjacent to an activating group) is 1. The summed E-state index contributed by atoms with van der Waals surface area (Å²) in [5.41, 5.74) is 0. The van der Waals surface area contributed by atoms with Crippen molar-refractivity contribution < 1.29 is 38.5 Å². The molecule has 0 spiro atoms. The van der Waals surface area contributed by atoms with Crippen LogP contribution in [0.1, 0.15) is 272 Å². The van der Waals surface area contributed by atoms with Gasteiger partial charge < -0.3 is 29.1 Å². The number of carbonyl (C=O) groups is 4. The van der Waals surface area contributed by atoms with Crippen LogP contribution in [-0.2, 0) is 33.4 Å². The number of amides is 1. The molecule has 65 heavy (non-hydrogen) atoms. The Balaban J connectivity index is 4.59. The lowest BCUT2D eigenvalue weighted by Gasteiger charge is -2.23. The van der Waals surface area contributed by atoms with Crippen molar-refractivity contribution >= 4 is 23.8 Å². The Morgan fingerprint density at radius 1 is 0.415 bits per heavy atom. The minimum Gasteiger partial charge on any atom is -0.462 e. The van der Waals surface area contributed by atoms with Crippen LogP contribution in [0.3, 0.4) is 0 Å². The van der Waals surface area contributed by atoms with Gasteiger partial charge >= 0.3 is 17.9 Å². The van der Waals surface area contributed by atoms with Crippen molar-refractivity contribution in [2.75, 3.05) is 46.4 Å². The van der Waals surface area contributed by atoms with Crippen LogP contribution < -0.4 is 0 Å². The Bertz CT molecular complexity index is 1060. The average molecular weight is 923 g/mol. The van der Waals surface area contributed by atoms with Crippen molar-refractivity contribution in [2.24, 2.45) is 0 Å². The molecule has 384 valence electrons. The Morgan fingerprint density at radius 2 is 0.769 bits per heavy atom. The maximum absolute atomic E-state index is 13.2. The van der Waals surface area contributed by atoms with Crippen molar-refractivity contribution in [3.8, 4) is 0 Å². The molecule has 1 N–H and O–H groups in total. The van der Waals surface area contributed by atoms with E-state index in [1.165, 1.54) is 128 Å².